The predicted molar refractivity (Wildman–Crippen MR) is 236 cm³/mol. The van der Waals surface area contributed by atoms with E-state index in [0.29, 0.717) is 47.9 Å². The topological polar surface area (TPSA) is 156 Å². The molecule has 1 aliphatic carbocycles. The van der Waals surface area contributed by atoms with Gasteiger partial charge in [-0.05, 0) is 103 Å². The Bertz CT molecular complexity index is 2620. The lowest BCUT2D eigenvalue weighted by molar-refractivity contribution is -0.386. The first kappa shape index (κ1) is 43.2. The molecule has 62 heavy (non-hydrogen) atoms. The average molecular weight is 886 g/mol. The number of nitro benzene ring substituents is 1. The molecule has 326 valence electrons. The van der Waals surface area contributed by atoms with Crippen LogP contribution in [0.1, 0.15) is 61.9 Å². The molecule has 0 radical (unpaired) electrons. The number of H-pyrrole nitrogens is 1. The van der Waals surface area contributed by atoms with Crippen LogP contribution in [0, 0.1) is 27.3 Å². The normalized spacial score (nSPS) is 17.6. The summed E-state index contributed by atoms with van der Waals surface area (Å²) in [5.41, 5.74) is 4.74. The van der Waals surface area contributed by atoms with Crippen LogP contribution in [0.3, 0.4) is 0 Å². The van der Waals surface area contributed by atoms with Crippen molar-refractivity contribution in [3.05, 3.63) is 123 Å². The van der Waals surface area contributed by atoms with E-state index < -0.39 is 37.3 Å². The zero-order chi connectivity index (χ0) is 43.6. The van der Waals surface area contributed by atoms with Crippen LogP contribution in [0.4, 0.5) is 15.8 Å². The van der Waals surface area contributed by atoms with Crippen LogP contribution in [0.15, 0.2) is 95.5 Å². The second kappa shape index (κ2) is 18.1. The highest BCUT2D eigenvalue weighted by Gasteiger charge is 2.31. The van der Waals surface area contributed by atoms with Gasteiger partial charge in [0.25, 0.3) is 15.9 Å². The third-order valence-electron chi connectivity index (χ3n) is 12.0. The molecule has 2 aliphatic heterocycles. The van der Waals surface area contributed by atoms with E-state index >= 15 is 4.39 Å². The van der Waals surface area contributed by atoms with Gasteiger partial charge in [0.2, 0.25) is 0 Å². The van der Waals surface area contributed by atoms with E-state index in [4.69, 9.17) is 25.8 Å². The molecule has 0 atom stereocenters. The van der Waals surface area contributed by atoms with Crippen LogP contribution in [-0.2, 0) is 14.8 Å². The van der Waals surface area contributed by atoms with Crippen LogP contribution in [0.5, 0.6) is 17.2 Å². The number of carbonyl (C=O) groups is 1. The van der Waals surface area contributed by atoms with E-state index in [1.807, 2.05) is 16.9 Å². The summed E-state index contributed by atoms with van der Waals surface area (Å²) < 4.78 is 62.0. The molecule has 2 fully saturated rings. The maximum atomic E-state index is 15.5. The van der Waals surface area contributed by atoms with Crippen molar-refractivity contribution in [2.45, 2.75) is 50.8 Å². The third-order valence-corrected chi connectivity index (χ3v) is 13.6. The fourth-order valence-electron chi connectivity index (χ4n) is 8.41. The van der Waals surface area contributed by atoms with Crippen molar-refractivity contribution in [2.24, 2.45) is 11.3 Å². The SMILES string of the molecule is CC1(C)CCC(CN2CCN(c3ccc(C(=O)NS(=O)(=O)c4ccc(OCC5CCOCC5)c([N+](=O)[O-])c4)c(Oc4cc5cc[nH]c5cc4F)c3)CC2)=C(c2ccc(Cl)cc2)C1. The molecule has 4 aromatic carbocycles. The molecule has 3 aliphatic rings. The zero-order valence-electron chi connectivity index (χ0n) is 34.6. The van der Waals surface area contributed by atoms with Gasteiger partial charge >= 0.3 is 5.69 Å². The van der Waals surface area contributed by atoms with Gasteiger partial charge in [-0.1, -0.05) is 43.2 Å². The van der Waals surface area contributed by atoms with Gasteiger partial charge in [-0.3, -0.25) is 19.8 Å². The average Bonchev–Trinajstić information content (AvgIpc) is 3.71. The van der Waals surface area contributed by atoms with Crippen molar-refractivity contribution in [2.75, 3.05) is 57.4 Å². The first-order valence-corrected chi connectivity index (χ1v) is 22.7. The van der Waals surface area contributed by atoms with E-state index in [9.17, 15) is 23.3 Å². The Hall–Kier alpha value is -5.48. The lowest BCUT2D eigenvalue weighted by atomic mass is 9.72. The second-order valence-corrected chi connectivity index (χ2v) is 19.1. The monoisotopic (exact) mass is 885 g/mol. The van der Waals surface area contributed by atoms with Gasteiger partial charge in [-0.25, -0.2) is 17.5 Å². The van der Waals surface area contributed by atoms with E-state index in [1.165, 1.54) is 41.0 Å². The number of nitrogens with one attached hydrogen (secondary N) is 2. The number of nitrogens with zero attached hydrogens (tertiary/aromatic N) is 3. The molecule has 3 heterocycles. The number of rotatable bonds is 13. The number of aromatic nitrogens is 1. The van der Waals surface area contributed by atoms with Crippen LogP contribution >= 0.6 is 11.6 Å². The van der Waals surface area contributed by atoms with Crippen molar-refractivity contribution in [3.63, 3.8) is 0 Å². The van der Waals surface area contributed by atoms with Crippen LogP contribution in [0.25, 0.3) is 16.5 Å². The summed E-state index contributed by atoms with van der Waals surface area (Å²) >= 11 is 6.23. The van der Waals surface area contributed by atoms with E-state index in [2.05, 4.69) is 40.8 Å². The highest BCUT2D eigenvalue weighted by molar-refractivity contribution is 7.90. The van der Waals surface area contributed by atoms with E-state index in [0.717, 1.165) is 63.9 Å². The number of ether oxygens (including phenoxy) is 3. The van der Waals surface area contributed by atoms with E-state index in [1.54, 1.807) is 24.4 Å². The molecule has 16 heteroatoms. The molecule has 2 N–H and O–H groups in total. The Balaban J connectivity index is 1.02. The minimum atomic E-state index is -4.65. The molecule has 13 nitrogen and oxygen atoms in total. The summed E-state index contributed by atoms with van der Waals surface area (Å²) in [5, 5.41) is 13.4. The number of benzene rings is 4. The minimum absolute atomic E-state index is 0.0724. The molecule has 0 bridgehead atoms. The molecular formula is C46H49ClFN5O8S. The fourth-order valence-corrected chi connectivity index (χ4v) is 9.53. The number of fused-ring (bicyclic) bond motifs is 1. The second-order valence-electron chi connectivity index (χ2n) is 17.0. The quantitative estimate of drug-likeness (QED) is 0.0863. The number of halogens is 2. The van der Waals surface area contributed by atoms with Gasteiger partial charge in [-0.15, -0.1) is 0 Å². The van der Waals surface area contributed by atoms with Crippen molar-refractivity contribution < 1.29 is 36.7 Å². The molecule has 1 aromatic heterocycles. The lowest BCUT2D eigenvalue weighted by Gasteiger charge is -2.39. The number of anilines is 1. The van der Waals surface area contributed by atoms with Gasteiger partial charge in [0.1, 0.15) is 5.75 Å². The zero-order valence-corrected chi connectivity index (χ0v) is 36.2. The molecule has 8 rings (SSSR count). The third kappa shape index (κ3) is 9.91. The largest absolute Gasteiger partial charge is 0.487 e. The maximum Gasteiger partial charge on any atom is 0.312 e. The molecule has 0 spiro atoms. The summed E-state index contributed by atoms with van der Waals surface area (Å²) in [6.45, 7) is 9.68. The number of carbonyl (C=O) groups excluding carboxylic acids is 1. The summed E-state index contributed by atoms with van der Waals surface area (Å²) in [7, 11) is -4.65. The highest BCUT2D eigenvalue weighted by Crippen LogP contribution is 2.44. The van der Waals surface area contributed by atoms with Crippen LogP contribution in [-0.4, -0.2) is 81.7 Å². The lowest BCUT2D eigenvalue weighted by Crippen LogP contribution is -2.47. The fraction of sp³-hybridized carbons (Fsp3) is 0.370. The van der Waals surface area contributed by atoms with E-state index in [-0.39, 0.29) is 40.8 Å². The highest BCUT2D eigenvalue weighted by atomic mass is 35.5. The first-order chi connectivity index (χ1) is 29.7. The summed E-state index contributed by atoms with van der Waals surface area (Å²) in [6, 6.07) is 20.6. The molecule has 2 saturated heterocycles. The summed E-state index contributed by atoms with van der Waals surface area (Å²) in [4.78, 5) is 32.2. The van der Waals surface area contributed by atoms with Gasteiger partial charge < -0.3 is 24.1 Å². The molecule has 1 amide bonds. The summed E-state index contributed by atoms with van der Waals surface area (Å²) in [5.74, 6) is -1.94. The van der Waals surface area contributed by atoms with Gasteiger partial charge in [0.15, 0.2) is 17.3 Å². The molecular weight excluding hydrogens is 837 g/mol. The Morgan fingerprint density at radius 3 is 2.48 bits per heavy atom. The smallest absolute Gasteiger partial charge is 0.312 e. The Kier molecular flexibility index (Phi) is 12.6. The van der Waals surface area contributed by atoms with Crippen molar-refractivity contribution in [1.29, 1.82) is 0 Å². The van der Waals surface area contributed by atoms with Crippen molar-refractivity contribution in [1.82, 2.24) is 14.6 Å². The Labute approximate surface area is 365 Å². The number of hydrogen-bond acceptors (Lipinski definition) is 10. The van der Waals surface area contributed by atoms with Crippen LogP contribution < -0.4 is 19.1 Å². The minimum Gasteiger partial charge on any atom is -0.487 e. The molecule has 0 saturated carbocycles. The number of amides is 1. The first-order valence-electron chi connectivity index (χ1n) is 20.8. The van der Waals surface area contributed by atoms with Gasteiger partial charge in [-0.2, -0.15) is 0 Å². The number of piperazine rings is 1. The summed E-state index contributed by atoms with van der Waals surface area (Å²) in [6.07, 6.45) is 6.27. The van der Waals surface area contributed by atoms with Crippen molar-refractivity contribution >= 4 is 55.4 Å². The van der Waals surface area contributed by atoms with Gasteiger partial charge in [0.05, 0.1) is 22.0 Å². The Morgan fingerprint density at radius 2 is 1.74 bits per heavy atom. The Morgan fingerprint density at radius 1 is 0.984 bits per heavy atom. The van der Waals surface area contributed by atoms with Crippen molar-refractivity contribution in [3.8, 4) is 17.2 Å². The number of aromatic amines is 1. The number of allylic oxidation sites excluding steroid dienone is 1. The number of sulfonamides is 1. The standard InChI is InChI=1S/C46H49ClFN5O8S/c1-46(2)15-11-33(38(27-46)31-3-5-34(47)6-4-31)28-51-17-19-52(20-18-51)35-7-9-37(43(24-35)61-44-23-32-12-16-49-40(32)26-39(44)48)45(54)50-62(57,58)36-8-10-42(41(25-36)53(55)56)60-29-30-13-21-59-22-14-30/h3-10,12,16,23-26,30,49H,11,13-15,17-22,27-29H2,1-2H3,(H,50,54). The van der Waals surface area contributed by atoms with Gasteiger partial charge in [0, 0.05) is 91.9 Å². The maximum absolute atomic E-state index is 15.5. The predicted octanol–water partition coefficient (Wildman–Crippen LogP) is 9.37. The number of hydrogen-bond donors (Lipinski definition) is 2. The van der Waals surface area contributed by atoms with Crippen LogP contribution in [0.2, 0.25) is 5.02 Å². The molecule has 5 aromatic rings. The molecule has 0 unspecified atom stereocenters. The number of nitro groups is 1.